The van der Waals surface area contributed by atoms with Crippen LogP contribution < -0.4 is 15.5 Å². The lowest BCUT2D eigenvalue weighted by Crippen LogP contribution is -2.22. The van der Waals surface area contributed by atoms with Gasteiger partial charge < -0.3 is 10.1 Å². The minimum atomic E-state index is 0.0271. The van der Waals surface area contributed by atoms with Crippen LogP contribution in [0.1, 0.15) is 13.8 Å². The first-order valence-corrected chi connectivity index (χ1v) is 5.05. The molecule has 0 radical (unpaired) electrons. The molecule has 0 saturated carbocycles. The number of anilines is 2. The highest BCUT2D eigenvalue weighted by atomic mass is 16.5. The fourth-order valence-electron chi connectivity index (χ4n) is 0.982. The number of hydrogen-bond donors (Lipinski definition) is 2. The molecule has 0 aromatic carbocycles. The largest absolute Gasteiger partial charge is 0.461 e. The van der Waals surface area contributed by atoms with Gasteiger partial charge in [-0.15, -0.1) is 0 Å². The van der Waals surface area contributed by atoms with Gasteiger partial charge in [0.1, 0.15) is 0 Å². The van der Waals surface area contributed by atoms with E-state index in [1.165, 1.54) is 0 Å². The van der Waals surface area contributed by atoms with Crippen LogP contribution in [0.15, 0.2) is 0 Å². The highest BCUT2D eigenvalue weighted by Gasteiger charge is 2.08. The van der Waals surface area contributed by atoms with Crippen molar-refractivity contribution in [1.29, 1.82) is 0 Å². The van der Waals surface area contributed by atoms with Crippen LogP contribution in [-0.4, -0.2) is 47.2 Å². The van der Waals surface area contributed by atoms with E-state index in [4.69, 9.17) is 4.74 Å². The highest BCUT2D eigenvalue weighted by Crippen LogP contribution is 2.11. The molecular weight excluding hydrogens is 208 g/mol. The van der Waals surface area contributed by atoms with E-state index in [0.29, 0.717) is 17.9 Å². The van der Waals surface area contributed by atoms with Gasteiger partial charge in [-0.1, -0.05) is 0 Å². The summed E-state index contributed by atoms with van der Waals surface area (Å²) in [6, 6.07) is 0.304. The van der Waals surface area contributed by atoms with E-state index < -0.39 is 0 Å². The molecule has 16 heavy (non-hydrogen) atoms. The van der Waals surface area contributed by atoms with Gasteiger partial charge in [0.25, 0.3) is 0 Å². The molecule has 0 fully saturated rings. The van der Waals surface area contributed by atoms with Crippen molar-refractivity contribution < 1.29 is 4.74 Å². The fraction of sp³-hybridized carbons (Fsp3) is 0.667. The normalized spacial score (nSPS) is 10.7. The molecule has 0 bridgehead atoms. The third kappa shape index (κ3) is 3.85. The zero-order valence-corrected chi connectivity index (χ0v) is 10.3. The SMILES string of the molecule is CNc1nc(NN(C)C)nc(OC(C)C)n1. The zero-order valence-electron chi connectivity index (χ0n) is 10.3. The van der Waals surface area contributed by atoms with E-state index in [9.17, 15) is 0 Å². The number of ether oxygens (including phenoxy) is 1. The Bertz CT molecular complexity index is 313. The van der Waals surface area contributed by atoms with Crippen molar-refractivity contribution in [3.63, 3.8) is 0 Å². The van der Waals surface area contributed by atoms with Crippen LogP contribution in [0.25, 0.3) is 0 Å². The zero-order chi connectivity index (χ0) is 12.1. The number of nitrogens with zero attached hydrogens (tertiary/aromatic N) is 4. The topological polar surface area (TPSA) is 75.2 Å². The Kier molecular flexibility index (Phi) is 4.24. The van der Waals surface area contributed by atoms with Crippen molar-refractivity contribution in [1.82, 2.24) is 20.0 Å². The molecule has 0 spiro atoms. The summed E-state index contributed by atoms with van der Waals surface area (Å²) in [5.74, 6) is 0.912. The summed E-state index contributed by atoms with van der Waals surface area (Å²) in [6.07, 6.45) is 0.0271. The lowest BCUT2D eigenvalue weighted by atomic mass is 10.5. The maximum absolute atomic E-state index is 5.42. The summed E-state index contributed by atoms with van der Waals surface area (Å²) in [5.41, 5.74) is 2.94. The quantitative estimate of drug-likeness (QED) is 0.711. The molecule has 0 atom stereocenters. The average Bonchev–Trinajstić information content (AvgIpc) is 2.14. The second-order valence-corrected chi connectivity index (χ2v) is 3.69. The maximum atomic E-state index is 5.42. The summed E-state index contributed by atoms with van der Waals surface area (Å²) in [7, 11) is 5.45. The van der Waals surface area contributed by atoms with Crippen LogP contribution >= 0.6 is 0 Å². The van der Waals surface area contributed by atoms with Crippen molar-refractivity contribution >= 4 is 11.9 Å². The minimum Gasteiger partial charge on any atom is -0.461 e. The van der Waals surface area contributed by atoms with Gasteiger partial charge in [-0.2, -0.15) is 15.0 Å². The fourth-order valence-corrected chi connectivity index (χ4v) is 0.982. The number of aromatic nitrogens is 3. The highest BCUT2D eigenvalue weighted by molar-refractivity contribution is 5.34. The van der Waals surface area contributed by atoms with E-state index in [1.807, 2.05) is 27.9 Å². The van der Waals surface area contributed by atoms with Gasteiger partial charge in [0.2, 0.25) is 11.9 Å². The minimum absolute atomic E-state index is 0.0271. The summed E-state index contributed by atoms with van der Waals surface area (Å²) in [4.78, 5) is 12.3. The van der Waals surface area contributed by atoms with Crippen LogP contribution in [0.5, 0.6) is 6.01 Å². The molecule has 0 aliphatic heterocycles. The number of nitrogens with one attached hydrogen (secondary N) is 2. The smallest absolute Gasteiger partial charge is 0.323 e. The Labute approximate surface area is 95.2 Å². The van der Waals surface area contributed by atoms with Crippen LogP contribution in [0.3, 0.4) is 0 Å². The average molecular weight is 226 g/mol. The second kappa shape index (κ2) is 5.45. The predicted octanol–water partition coefficient (Wildman–Crippen LogP) is 0.589. The first-order chi connectivity index (χ1) is 7.51. The predicted molar refractivity (Wildman–Crippen MR) is 62.4 cm³/mol. The molecule has 1 heterocycles. The maximum Gasteiger partial charge on any atom is 0.323 e. The van der Waals surface area contributed by atoms with Crippen molar-refractivity contribution in [2.24, 2.45) is 0 Å². The van der Waals surface area contributed by atoms with Gasteiger partial charge in [0.15, 0.2) is 0 Å². The molecular formula is C9H18N6O. The molecule has 90 valence electrons. The van der Waals surface area contributed by atoms with E-state index in [2.05, 4.69) is 25.7 Å². The lowest BCUT2D eigenvalue weighted by Gasteiger charge is -2.14. The van der Waals surface area contributed by atoms with Gasteiger partial charge in [0.05, 0.1) is 6.10 Å². The Morgan fingerprint density at radius 3 is 2.25 bits per heavy atom. The first kappa shape index (κ1) is 12.4. The Morgan fingerprint density at radius 1 is 1.12 bits per heavy atom. The monoisotopic (exact) mass is 226 g/mol. The number of hydrogen-bond acceptors (Lipinski definition) is 7. The van der Waals surface area contributed by atoms with E-state index >= 15 is 0 Å². The molecule has 1 aromatic rings. The van der Waals surface area contributed by atoms with Crippen LogP contribution in [0, 0.1) is 0 Å². The summed E-state index contributed by atoms with van der Waals surface area (Å²) in [6.45, 7) is 3.84. The number of rotatable bonds is 5. The molecule has 1 aromatic heterocycles. The van der Waals surface area contributed by atoms with Gasteiger partial charge in [-0.3, -0.25) is 5.43 Å². The van der Waals surface area contributed by atoms with Crippen LogP contribution in [-0.2, 0) is 0 Å². The van der Waals surface area contributed by atoms with Crippen molar-refractivity contribution in [2.45, 2.75) is 20.0 Å². The number of hydrazine groups is 1. The molecule has 2 N–H and O–H groups in total. The van der Waals surface area contributed by atoms with Crippen molar-refractivity contribution in [3.8, 4) is 6.01 Å². The summed E-state index contributed by atoms with van der Waals surface area (Å²) in [5, 5.41) is 4.60. The van der Waals surface area contributed by atoms with Gasteiger partial charge in [0, 0.05) is 21.1 Å². The third-order valence-corrected chi connectivity index (χ3v) is 1.50. The Hall–Kier alpha value is -1.63. The van der Waals surface area contributed by atoms with Crippen molar-refractivity contribution in [2.75, 3.05) is 31.9 Å². The standard InChI is InChI=1S/C9H18N6O/c1-6(2)16-9-12-7(10-3)11-8(13-9)14-15(4)5/h6H,1-5H3,(H2,10,11,12,13,14). The van der Waals surface area contributed by atoms with Crippen molar-refractivity contribution in [3.05, 3.63) is 0 Å². The molecule has 0 aliphatic carbocycles. The Morgan fingerprint density at radius 2 is 1.75 bits per heavy atom. The van der Waals surface area contributed by atoms with E-state index in [1.54, 1.807) is 12.1 Å². The second-order valence-electron chi connectivity index (χ2n) is 3.69. The van der Waals surface area contributed by atoms with Crippen LogP contribution in [0.4, 0.5) is 11.9 Å². The summed E-state index contributed by atoms with van der Waals surface area (Å²) >= 11 is 0. The molecule has 0 amide bonds. The van der Waals surface area contributed by atoms with Gasteiger partial charge >= 0.3 is 6.01 Å². The third-order valence-electron chi connectivity index (χ3n) is 1.50. The van der Waals surface area contributed by atoms with Crippen LogP contribution in [0.2, 0.25) is 0 Å². The molecule has 7 nitrogen and oxygen atoms in total. The van der Waals surface area contributed by atoms with Gasteiger partial charge in [-0.25, -0.2) is 5.01 Å². The van der Waals surface area contributed by atoms with E-state index in [0.717, 1.165) is 0 Å². The molecule has 0 aliphatic rings. The molecule has 7 heteroatoms. The molecule has 1 rings (SSSR count). The molecule has 0 saturated heterocycles. The van der Waals surface area contributed by atoms with E-state index in [-0.39, 0.29) is 6.10 Å². The first-order valence-electron chi connectivity index (χ1n) is 5.05. The Balaban J connectivity index is 2.91. The molecule has 0 unspecified atom stereocenters. The van der Waals surface area contributed by atoms with Gasteiger partial charge in [-0.05, 0) is 13.8 Å². The lowest BCUT2D eigenvalue weighted by molar-refractivity contribution is 0.222. The summed E-state index contributed by atoms with van der Waals surface area (Å²) < 4.78 is 5.42.